The Kier molecular flexibility index (Phi) is 7.89. The van der Waals surface area contributed by atoms with Crippen LogP contribution in [0.25, 0.3) is 0 Å². The lowest BCUT2D eigenvalue weighted by molar-refractivity contribution is -0.157. The highest BCUT2D eigenvalue weighted by Gasteiger charge is 2.52. The maximum Gasteiger partial charge on any atom is 0.310 e. The summed E-state index contributed by atoms with van der Waals surface area (Å²) in [6.07, 6.45) is -0.394. The summed E-state index contributed by atoms with van der Waals surface area (Å²) in [6.45, 7) is 7.22. The zero-order valence-corrected chi connectivity index (χ0v) is 17.7. The molecule has 154 valence electrons. The lowest BCUT2D eigenvalue weighted by Crippen LogP contribution is -2.47. The largest absolute Gasteiger partial charge is 0.497 e. The number of carbonyl (C=O) groups is 2. The van der Waals surface area contributed by atoms with Crippen molar-refractivity contribution < 1.29 is 24.5 Å². The van der Waals surface area contributed by atoms with Crippen LogP contribution in [0, 0.1) is 28.6 Å². The number of carboxylic acid groups (broad SMARTS) is 2. The van der Waals surface area contributed by atoms with Crippen LogP contribution in [0.15, 0.2) is 18.2 Å². The van der Waals surface area contributed by atoms with E-state index in [0.717, 1.165) is 0 Å². The minimum Gasteiger partial charge on any atom is -0.497 e. The third kappa shape index (κ3) is 4.59. The summed E-state index contributed by atoms with van der Waals surface area (Å²) in [6, 6.07) is 7.05. The third-order valence-electron chi connectivity index (χ3n) is 5.72. The highest BCUT2D eigenvalue weighted by atomic mass is 35.5. The lowest BCUT2D eigenvalue weighted by Gasteiger charge is -2.43. The molecule has 1 aromatic rings. The normalized spacial score (nSPS) is 13.8. The number of aliphatic carboxylic acids is 2. The van der Waals surface area contributed by atoms with Crippen LogP contribution in [-0.4, -0.2) is 29.3 Å². The maximum absolute atomic E-state index is 12.4. The van der Waals surface area contributed by atoms with Crippen LogP contribution in [0.3, 0.4) is 0 Å². The molecule has 0 saturated carbocycles. The van der Waals surface area contributed by atoms with E-state index >= 15 is 0 Å². The van der Waals surface area contributed by atoms with Gasteiger partial charge in [-0.2, -0.15) is 5.26 Å². The number of rotatable bonds is 10. The SMILES string of the molecule is COc1ccc(Cl)c(C(C#N)(CCC(=O)O)CC(C(=O)O)(C(C)C)C(C)C)c1. The fourth-order valence-electron chi connectivity index (χ4n) is 3.94. The monoisotopic (exact) mass is 409 g/mol. The molecule has 0 aliphatic heterocycles. The first-order chi connectivity index (χ1) is 13.0. The van der Waals surface area contributed by atoms with Crippen LogP contribution in [0.5, 0.6) is 5.75 Å². The minimum absolute atomic E-state index is 0.0542. The standard InChI is InChI=1S/C21H28ClNO5/c1-13(2)21(14(3)4,19(26)27)11-20(12-23,9-8-18(24)25)16-10-15(28-5)6-7-17(16)22/h6-7,10,13-14H,8-9,11H2,1-5H3,(H,24,25)(H,26,27). The zero-order chi connectivity index (χ0) is 21.7. The molecule has 1 aromatic carbocycles. The van der Waals surface area contributed by atoms with Crippen molar-refractivity contribution >= 4 is 23.5 Å². The quantitative estimate of drug-likeness (QED) is 0.577. The number of benzene rings is 1. The Hall–Kier alpha value is -2.26. The maximum atomic E-state index is 12.4. The van der Waals surface area contributed by atoms with E-state index in [-0.39, 0.29) is 36.1 Å². The number of hydrogen-bond acceptors (Lipinski definition) is 4. The second kappa shape index (κ2) is 9.29. The van der Waals surface area contributed by atoms with E-state index in [4.69, 9.17) is 16.3 Å². The average molecular weight is 410 g/mol. The molecule has 0 aliphatic carbocycles. The molecule has 0 aromatic heterocycles. The molecule has 0 amide bonds. The van der Waals surface area contributed by atoms with Gasteiger partial charge in [0.15, 0.2) is 0 Å². The first-order valence-corrected chi connectivity index (χ1v) is 9.55. The van der Waals surface area contributed by atoms with Gasteiger partial charge in [-0.15, -0.1) is 0 Å². The number of ether oxygens (including phenoxy) is 1. The summed E-state index contributed by atoms with van der Waals surface area (Å²) in [4.78, 5) is 23.7. The van der Waals surface area contributed by atoms with E-state index in [1.165, 1.54) is 7.11 Å². The van der Waals surface area contributed by atoms with Gasteiger partial charge in [0.1, 0.15) is 5.75 Å². The second-order valence-electron chi connectivity index (χ2n) is 7.77. The summed E-state index contributed by atoms with van der Waals surface area (Å²) in [5.41, 5.74) is -2.23. The molecule has 1 unspecified atom stereocenters. The van der Waals surface area contributed by atoms with Gasteiger partial charge in [-0.25, -0.2) is 0 Å². The number of hydrogen-bond donors (Lipinski definition) is 2. The van der Waals surface area contributed by atoms with Crippen molar-refractivity contribution in [3.05, 3.63) is 28.8 Å². The van der Waals surface area contributed by atoms with Gasteiger partial charge in [0.25, 0.3) is 0 Å². The fourth-order valence-corrected chi connectivity index (χ4v) is 4.23. The van der Waals surface area contributed by atoms with Crippen molar-refractivity contribution in [3.8, 4) is 11.8 Å². The van der Waals surface area contributed by atoms with Crippen LogP contribution in [0.1, 0.15) is 52.5 Å². The Bertz CT molecular complexity index is 761. The second-order valence-corrected chi connectivity index (χ2v) is 8.17. The average Bonchev–Trinajstić information content (AvgIpc) is 2.62. The van der Waals surface area contributed by atoms with Gasteiger partial charge in [0.2, 0.25) is 0 Å². The first kappa shape index (κ1) is 23.8. The summed E-state index contributed by atoms with van der Waals surface area (Å²) >= 11 is 6.40. The molecule has 0 bridgehead atoms. The molecule has 0 spiro atoms. The molecule has 0 heterocycles. The fraction of sp³-hybridized carbons (Fsp3) is 0.571. The Balaban J connectivity index is 3.75. The van der Waals surface area contributed by atoms with Crippen LogP contribution in [0.2, 0.25) is 5.02 Å². The van der Waals surface area contributed by atoms with Crippen LogP contribution >= 0.6 is 11.6 Å². The molecular weight excluding hydrogens is 382 g/mol. The highest BCUT2D eigenvalue weighted by molar-refractivity contribution is 6.31. The zero-order valence-electron chi connectivity index (χ0n) is 17.0. The molecule has 2 N–H and O–H groups in total. The van der Waals surface area contributed by atoms with Gasteiger partial charge in [0.05, 0.1) is 24.0 Å². The summed E-state index contributed by atoms with van der Waals surface area (Å²) in [7, 11) is 1.47. The number of methoxy groups -OCH3 is 1. The van der Waals surface area contributed by atoms with E-state index in [2.05, 4.69) is 6.07 Å². The van der Waals surface area contributed by atoms with Gasteiger partial charge in [-0.1, -0.05) is 39.3 Å². The summed E-state index contributed by atoms with van der Waals surface area (Å²) < 4.78 is 5.25. The molecular formula is C21H28ClNO5. The Morgan fingerprint density at radius 2 is 1.79 bits per heavy atom. The topological polar surface area (TPSA) is 108 Å². The Morgan fingerprint density at radius 3 is 2.18 bits per heavy atom. The van der Waals surface area contributed by atoms with Crippen LogP contribution in [-0.2, 0) is 15.0 Å². The predicted molar refractivity (Wildman–Crippen MR) is 107 cm³/mol. The molecule has 0 aliphatic rings. The minimum atomic E-state index is -1.39. The van der Waals surface area contributed by atoms with Crippen molar-refractivity contribution in [2.45, 2.75) is 52.4 Å². The molecule has 6 nitrogen and oxygen atoms in total. The van der Waals surface area contributed by atoms with Crippen molar-refractivity contribution in [1.82, 2.24) is 0 Å². The summed E-state index contributed by atoms with van der Waals surface area (Å²) in [5.74, 6) is -2.18. The van der Waals surface area contributed by atoms with Crippen LogP contribution < -0.4 is 4.74 Å². The smallest absolute Gasteiger partial charge is 0.310 e. The molecule has 1 rings (SSSR count). The van der Waals surface area contributed by atoms with Crippen molar-refractivity contribution in [2.75, 3.05) is 7.11 Å². The number of nitrogens with zero attached hydrogens (tertiary/aromatic N) is 1. The molecule has 28 heavy (non-hydrogen) atoms. The first-order valence-electron chi connectivity index (χ1n) is 9.17. The van der Waals surface area contributed by atoms with Gasteiger partial charge < -0.3 is 14.9 Å². The van der Waals surface area contributed by atoms with Crippen molar-refractivity contribution in [3.63, 3.8) is 0 Å². The number of halogens is 1. The van der Waals surface area contributed by atoms with Gasteiger partial charge in [-0.3, -0.25) is 9.59 Å². The van der Waals surface area contributed by atoms with E-state index in [1.807, 2.05) is 0 Å². The predicted octanol–water partition coefficient (Wildman–Crippen LogP) is 4.75. The van der Waals surface area contributed by atoms with Crippen molar-refractivity contribution in [2.24, 2.45) is 17.3 Å². The third-order valence-corrected chi connectivity index (χ3v) is 6.05. The van der Waals surface area contributed by atoms with E-state index < -0.39 is 22.8 Å². The van der Waals surface area contributed by atoms with Gasteiger partial charge in [0, 0.05) is 11.4 Å². The molecule has 0 saturated heterocycles. The molecule has 0 radical (unpaired) electrons. The highest BCUT2D eigenvalue weighted by Crippen LogP contribution is 2.50. The van der Waals surface area contributed by atoms with Crippen molar-refractivity contribution in [1.29, 1.82) is 5.26 Å². The number of nitriles is 1. The van der Waals surface area contributed by atoms with Gasteiger partial charge in [-0.05, 0) is 48.4 Å². The van der Waals surface area contributed by atoms with Crippen LogP contribution in [0.4, 0.5) is 0 Å². The summed E-state index contributed by atoms with van der Waals surface area (Å²) in [5, 5.41) is 29.8. The Morgan fingerprint density at radius 1 is 1.21 bits per heavy atom. The van der Waals surface area contributed by atoms with E-state index in [1.54, 1.807) is 45.9 Å². The molecule has 1 atom stereocenters. The van der Waals surface area contributed by atoms with E-state index in [9.17, 15) is 25.1 Å². The Labute approximate surface area is 171 Å². The van der Waals surface area contributed by atoms with E-state index in [0.29, 0.717) is 11.3 Å². The number of carboxylic acids is 2. The molecule has 0 fully saturated rings. The molecule has 7 heteroatoms. The lowest BCUT2D eigenvalue weighted by atomic mass is 9.58. The van der Waals surface area contributed by atoms with Gasteiger partial charge >= 0.3 is 11.9 Å².